The fourth-order valence-electron chi connectivity index (χ4n) is 2.21. The summed E-state index contributed by atoms with van der Waals surface area (Å²) >= 11 is 15.6. The van der Waals surface area contributed by atoms with Crippen LogP contribution in [-0.2, 0) is 0 Å². The highest BCUT2D eigenvalue weighted by molar-refractivity contribution is 7.27. The van der Waals surface area contributed by atoms with Crippen LogP contribution in [0.4, 0.5) is 0 Å². The van der Waals surface area contributed by atoms with Gasteiger partial charge in [0.05, 0.1) is 19.9 Å². The van der Waals surface area contributed by atoms with Crippen molar-refractivity contribution in [3.05, 3.63) is 39.8 Å². The van der Waals surface area contributed by atoms with Crippen molar-refractivity contribution in [2.45, 2.75) is 0 Å². The maximum atomic E-state index is 6.36. The molecule has 2 aromatic carbocycles. The normalized spacial score (nSPS) is 11.9. The van der Waals surface area contributed by atoms with E-state index in [9.17, 15) is 0 Å². The van der Waals surface area contributed by atoms with Crippen molar-refractivity contribution in [1.82, 2.24) is 4.98 Å². The lowest BCUT2D eigenvalue weighted by Crippen LogP contribution is -1.72. The van der Waals surface area contributed by atoms with Crippen LogP contribution < -0.4 is 0 Å². The average molecular weight is 310 g/mol. The molecule has 0 radical (unpaired) electrons. The average Bonchev–Trinajstić information content (AvgIpc) is 2.89. The molecule has 0 unspecified atom stereocenters. The van der Waals surface area contributed by atoms with E-state index in [2.05, 4.69) is 17.1 Å². The van der Waals surface area contributed by atoms with Gasteiger partial charge in [-0.3, -0.25) is 0 Å². The number of hydrogen-bond donors (Lipinski definition) is 0. The number of nitrogens with zero attached hydrogens (tertiary/aromatic N) is 1. The van der Waals surface area contributed by atoms with Crippen molar-refractivity contribution in [2.75, 3.05) is 0 Å². The molecule has 0 aliphatic carbocycles. The Morgan fingerprint density at radius 3 is 2.72 bits per heavy atom. The monoisotopic (exact) mass is 309 g/mol. The number of halogens is 2. The summed E-state index contributed by atoms with van der Waals surface area (Å²) in [5, 5.41) is 3.10. The maximum Gasteiger partial charge on any atom is 0.184 e. The topological polar surface area (TPSA) is 12.9 Å². The van der Waals surface area contributed by atoms with Crippen molar-refractivity contribution in [2.24, 2.45) is 0 Å². The Labute approximate surface area is 121 Å². The van der Waals surface area contributed by atoms with Crippen LogP contribution in [0.5, 0.6) is 0 Å². The number of fused-ring (bicyclic) bond motifs is 5. The van der Waals surface area contributed by atoms with Gasteiger partial charge in [-0.15, -0.1) is 22.7 Å². The molecule has 0 aliphatic heterocycles. The molecule has 0 aliphatic rings. The Kier molecular flexibility index (Phi) is 2.33. The van der Waals surface area contributed by atoms with Gasteiger partial charge >= 0.3 is 0 Å². The van der Waals surface area contributed by atoms with Crippen LogP contribution in [0.25, 0.3) is 30.4 Å². The first-order valence-electron chi connectivity index (χ1n) is 5.30. The Morgan fingerprint density at radius 1 is 1.00 bits per heavy atom. The van der Waals surface area contributed by atoms with Gasteiger partial charge in [0.1, 0.15) is 0 Å². The fourth-order valence-corrected chi connectivity index (χ4v) is 4.78. The molecule has 0 saturated carbocycles. The molecule has 4 aromatic rings. The summed E-state index contributed by atoms with van der Waals surface area (Å²) in [5.74, 6) is 0. The summed E-state index contributed by atoms with van der Waals surface area (Å²) in [5.41, 5.74) is 0.960. The third-order valence-corrected chi connectivity index (χ3v) is 5.66. The molecule has 0 N–H and O–H groups in total. The highest BCUT2D eigenvalue weighted by Crippen LogP contribution is 2.43. The van der Waals surface area contributed by atoms with Gasteiger partial charge in [0.15, 0.2) is 4.47 Å². The highest BCUT2D eigenvalue weighted by atomic mass is 35.5. The lowest BCUT2D eigenvalue weighted by molar-refractivity contribution is 1.52. The molecule has 18 heavy (non-hydrogen) atoms. The molecule has 0 bridgehead atoms. The molecule has 5 heteroatoms. The van der Waals surface area contributed by atoms with Crippen molar-refractivity contribution >= 4 is 76.3 Å². The fraction of sp³-hybridized carbons (Fsp3) is 0. The third kappa shape index (κ3) is 1.42. The molecule has 0 saturated heterocycles. The van der Waals surface area contributed by atoms with Gasteiger partial charge in [-0.25, -0.2) is 4.98 Å². The minimum Gasteiger partial charge on any atom is -0.224 e. The largest absolute Gasteiger partial charge is 0.224 e. The van der Waals surface area contributed by atoms with E-state index in [0.717, 1.165) is 25.3 Å². The van der Waals surface area contributed by atoms with Gasteiger partial charge in [-0.2, -0.15) is 0 Å². The predicted molar refractivity (Wildman–Crippen MR) is 82.5 cm³/mol. The summed E-state index contributed by atoms with van der Waals surface area (Å²) in [6, 6.07) is 10.2. The van der Waals surface area contributed by atoms with E-state index in [0.29, 0.717) is 4.47 Å². The van der Waals surface area contributed by atoms with Gasteiger partial charge in [0.2, 0.25) is 0 Å². The van der Waals surface area contributed by atoms with Crippen LogP contribution in [-0.4, -0.2) is 4.98 Å². The lowest BCUT2D eigenvalue weighted by atomic mass is 10.1. The Bertz CT molecular complexity index is 907. The third-order valence-electron chi connectivity index (χ3n) is 2.93. The van der Waals surface area contributed by atoms with Crippen LogP contribution >= 0.6 is 45.9 Å². The van der Waals surface area contributed by atoms with Crippen LogP contribution in [0.2, 0.25) is 9.49 Å². The number of thiophene rings is 1. The predicted octanol–water partition coefficient (Wildman–Crippen LogP) is 5.97. The molecular weight excluding hydrogens is 305 g/mol. The van der Waals surface area contributed by atoms with Crippen LogP contribution in [0, 0.1) is 0 Å². The van der Waals surface area contributed by atoms with Gasteiger partial charge in [0, 0.05) is 15.5 Å². The SMILES string of the molecule is Clc1nc2c(cc(Cl)c3sc4ccccc4c32)s1. The number of rotatable bonds is 0. The van der Waals surface area contributed by atoms with Gasteiger partial charge < -0.3 is 0 Å². The van der Waals surface area contributed by atoms with E-state index in [-0.39, 0.29) is 0 Å². The molecule has 1 nitrogen and oxygen atoms in total. The van der Waals surface area contributed by atoms with E-state index in [1.807, 2.05) is 18.2 Å². The van der Waals surface area contributed by atoms with E-state index in [4.69, 9.17) is 23.2 Å². The number of hydrogen-bond acceptors (Lipinski definition) is 3. The smallest absolute Gasteiger partial charge is 0.184 e. The molecular formula is C13H5Cl2NS2. The zero-order valence-corrected chi connectivity index (χ0v) is 12.1. The number of benzene rings is 2. The van der Waals surface area contributed by atoms with Crippen LogP contribution in [0.1, 0.15) is 0 Å². The van der Waals surface area contributed by atoms with Gasteiger partial charge in [0.25, 0.3) is 0 Å². The van der Waals surface area contributed by atoms with Crippen molar-refractivity contribution in [3.8, 4) is 0 Å². The number of aromatic nitrogens is 1. The van der Waals surface area contributed by atoms with Gasteiger partial charge in [-0.05, 0) is 12.1 Å². The van der Waals surface area contributed by atoms with E-state index >= 15 is 0 Å². The minimum atomic E-state index is 0.559. The van der Waals surface area contributed by atoms with E-state index in [1.165, 1.54) is 21.4 Å². The zero-order chi connectivity index (χ0) is 12.3. The van der Waals surface area contributed by atoms with Crippen molar-refractivity contribution in [1.29, 1.82) is 0 Å². The summed E-state index contributed by atoms with van der Waals surface area (Å²) in [4.78, 5) is 4.44. The first-order chi connectivity index (χ1) is 8.74. The molecule has 2 aromatic heterocycles. The molecule has 0 fully saturated rings. The second-order valence-electron chi connectivity index (χ2n) is 3.97. The lowest BCUT2D eigenvalue weighted by Gasteiger charge is -1.95. The minimum absolute atomic E-state index is 0.559. The first kappa shape index (κ1) is 11.0. The Morgan fingerprint density at radius 2 is 1.83 bits per heavy atom. The zero-order valence-electron chi connectivity index (χ0n) is 8.91. The number of thiazole rings is 1. The molecule has 2 heterocycles. The molecule has 0 spiro atoms. The van der Waals surface area contributed by atoms with E-state index in [1.54, 1.807) is 11.3 Å². The summed E-state index contributed by atoms with van der Waals surface area (Å²) < 4.78 is 3.92. The highest BCUT2D eigenvalue weighted by Gasteiger charge is 2.14. The second kappa shape index (κ2) is 3.81. The summed E-state index contributed by atoms with van der Waals surface area (Å²) in [6.45, 7) is 0. The van der Waals surface area contributed by atoms with E-state index < -0.39 is 0 Å². The van der Waals surface area contributed by atoms with Crippen LogP contribution in [0.3, 0.4) is 0 Å². The first-order valence-corrected chi connectivity index (χ1v) is 7.69. The molecule has 0 amide bonds. The molecule has 0 atom stereocenters. The Hall–Kier alpha value is -0.870. The maximum absolute atomic E-state index is 6.36. The molecule has 4 rings (SSSR count). The second-order valence-corrected chi connectivity index (χ2v) is 7.05. The van der Waals surface area contributed by atoms with Gasteiger partial charge in [-0.1, -0.05) is 41.4 Å². The quantitative estimate of drug-likeness (QED) is 0.390. The van der Waals surface area contributed by atoms with Crippen molar-refractivity contribution < 1.29 is 0 Å². The van der Waals surface area contributed by atoms with Crippen LogP contribution in [0.15, 0.2) is 30.3 Å². The Balaban J connectivity index is 2.40. The van der Waals surface area contributed by atoms with Crippen molar-refractivity contribution in [3.63, 3.8) is 0 Å². The summed E-state index contributed by atoms with van der Waals surface area (Å²) in [7, 11) is 0. The molecule has 88 valence electrons. The summed E-state index contributed by atoms with van der Waals surface area (Å²) in [6.07, 6.45) is 0. The standard InChI is InChI=1S/C13H5Cl2NS2/c14-7-5-9-11(16-13(15)18-9)10-6-3-1-2-4-8(6)17-12(7)10/h1-5H.